The fraction of sp³-hybridized carbons (Fsp3) is 0.471. The lowest BCUT2D eigenvalue weighted by molar-refractivity contribution is -0.206. The van der Waals surface area contributed by atoms with E-state index in [9.17, 15) is 22.8 Å². The van der Waals surface area contributed by atoms with E-state index >= 15 is 0 Å². The molecule has 0 amide bonds. The minimum absolute atomic E-state index is 0.0446. The molecule has 2 atom stereocenters. The monoisotopic (exact) mass is 598 g/mol. The van der Waals surface area contributed by atoms with Crippen LogP contribution >= 0.6 is 0 Å². The number of unbranched alkanes of at least 4 members (excludes halogenated alkanes) is 6. The topological polar surface area (TPSA) is 78.4 Å². The summed E-state index contributed by atoms with van der Waals surface area (Å²) in [7, 11) is 0. The van der Waals surface area contributed by atoms with E-state index in [4.69, 9.17) is 9.47 Å². The highest BCUT2D eigenvalue weighted by atomic mass is 19.4. The molecule has 0 saturated carbocycles. The van der Waals surface area contributed by atoms with Crippen molar-refractivity contribution in [1.82, 2.24) is 9.97 Å². The summed E-state index contributed by atoms with van der Waals surface area (Å²) in [5.74, 6) is -1.44. The Balaban J connectivity index is 1.57. The van der Waals surface area contributed by atoms with Crippen molar-refractivity contribution in [3.05, 3.63) is 72.1 Å². The highest BCUT2D eigenvalue weighted by Crippen LogP contribution is 2.29. The third kappa shape index (κ3) is 10.8. The van der Waals surface area contributed by atoms with Crippen LogP contribution in [0.1, 0.15) is 106 Å². The molecule has 0 bridgehead atoms. The second kappa shape index (κ2) is 16.8. The molecule has 3 aromatic rings. The lowest BCUT2D eigenvalue weighted by Gasteiger charge is -2.20. The van der Waals surface area contributed by atoms with Crippen LogP contribution in [-0.4, -0.2) is 40.3 Å². The Bertz CT molecular complexity index is 1280. The fourth-order valence-electron chi connectivity index (χ4n) is 4.59. The van der Waals surface area contributed by atoms with Gasteiger partial charge >= 0.3 is 18.1 Å². The van der Waals surface area contributed by atoms with E-state index in [1.807, 2.05) is 38.1 Å². The Labute approximate surface area is 252 Å². The van der Waals surface area contributed by atoms with Gasteiger partial charge in [-0.05, 0) is 56.9 Å². The first-order valence-electron chi connectivity index (χ1n) is 15.1. The van der Waals surface area contributed by atoms with Gasteiger partial charge in [-0.2, -0.15) is 13.2 Å². The maximum atomic E-state index is 13.4. The Morgan fingerprint density at radius 2 is 1.14 bits per heavy atom. The zero-order valence-corrected chi connectivity index (χ0v) is 25.2. The van der Waals surface area contributed by atoms with Crippen LogP contribution < -0.4 is 0 Å². The number of esters is 2. The average molecular weight is 599 g/mol. The summed E-state index contributed by atoms with van der Waals surface area (Å²) in [4.78, 5) is 33.6. The van der Waals surface area contributed by atoms with Gasteiger partial charge in [0.1, 0.15) is 0 Å². The van der Waals surface area contributed by atoms with Gasteiger partial charge in [-0.15, -0.1) is 0 Å². The molecule has 9 heteroatoms. The molecule has 0 unspecified atom stereocenters. The lowest BCUT2D eigenvalue weighted by Crippen LogP contribution is -2.33. The van der Waals surface area contributed by atoms with E-state index in [0.29, 0.717) is 29.8 Å². The number of ether oxygens (including phenoxy) is 2. The number of carbonyl (C=O) groups is 2. The molecule has 1 aromatic carbocycles. The van der Waals surface area contributed by atoms with Crippen molar-refractivity contribution < 1.29 is 32.2 Å². The zero-order valence-electron chi connectivity index (χ0n) is 25.2. The number of rotatable bonds is 16. The summed E-state index contributed by atoms with van der Waals surface area (Å²) in [5, 5.41) is 0. The molecule has 2 aromatic heterocycles. The van der Waals surface area contributed by atoms with Gasteiger partial charge in [0.15, 0.2) is 6.10 Å². The van der Waals surface area contributed by atoms with Crippen molar-refractivity contribution in [2.24, 2.45) is 0 Å². The predicted octanol–water partition coefficient (Wildman–Crippen LogP) is 9.38. The molecule has 0 N–H and O–H groups in total. The van der Waals surface area contributed by atoms with Gasteiger partial charge in [0.2, 0.25) is 0 Å². The molecule has 43 heavy (non-hydrogen) atoms. The second-order valence-electron chi connectivity index (χ2n) is 10.8. The van der Waals surface area contributed by atoms with Crippen LogP contribution in [0.2, 0.25) is 0 Å². The summed E-state index contributed by atoms with van der Waals surface area (Å²) in [6.07, 6.45) is 3.63. The van der Waals surface area contributed by atoms with Crippen LogP contribution in [-0.2, 0) is 9.47 Å². The Morgan fingerprint density at radius 1 is 0.674 bits per heavy atom. The zero-order chi connectivity index (χ0) is 31.2. The molecular weight excluding hydrogens is 557 g/mol. The largest absolute Gasteiger partial charge is 0.459 e. The maximum absolute atomic E-state index is 13.4. The van der Waals surface area contributed by atoms with Crippen molar-refractivity contribution in [2.75, 3.05) is 0 Å². The summed E-state index contributed by atoms with van der Waals surface area (Å²) >= 11 is 0. The number of hydrogen-bond acceptors (Lipinski definition) is 6. The molecule has 0 aliphatic carbocycles. The standard InChI is InChI=1S/C34H41F3N2O4/c1-4-6-8-10-12-24(3)42-32(40)27-18-20-29(38-22-27)25-14-16-26(17-15-25)30-21-19-28(23-39-30)33(41)43-31(34(35,36)37)13-11-9-7-5-2/h14-24,31H,4-13H2,1-3H3/t24-,31+/m1/s1. The van der Waals surface area contributed by atoms with Gasteiger partial charge < -0.3 is 9.47 Å². The number of aromatic nitrogens is 2. The maximum Gasteiger partial charge on any atom is 0.425 e. The van der Waals surface area contributed by atoms with Crippen LogP contribution in [0.25, 0.3) is 22.5 Å². The minimum Gasteiger partial charge on any atom is -0.459 e. The molecule has 0 aliphatic heterocycles. The molecule has 0 radical (unpaired) electrons. The Morgan fingerprint density at radius 3 is 1.56 bits per heavy atom. The SMILES string of the molecule is CCCCCC[C@@H](C)OC(=O)c1ccc(-c2ccc(-c3ccc(C(=O)O[C@@H](CCCCCC)C(F)(F)F)cn3)cc2)nc1. The highest BCUT2D eigenvalue weighted by Gasteiger charge is 2.42. The van der Waals surface area contributed by atoms with E-state index in [-0.39, 0.29) is 18.1 Å². The first-order valence-corrected chi connectivity index (χ1v) is 15.1. The number of nitrogens with zero attached hydrogens (tertiary/aromatic N) is 2. The number of benzene rings is 1. The van der Waals surface area contributed by atoms with E-state index in [0.717, 1.165) is 49.7 Å². The Kier molecular flexibility index (Phi) is 13.2. The van der Waals surface area contributed by atoms with E-state index < -0.39 is 24.2 Å². The number of hydrogen-bond donors (Lipinski definition) is 0. The third-order valence-corrected chi connectivity index (χ3v) is 7.18. The summed E-state index contributed by atoms with van der Waals surface area (Å²) in [5.41, 5.74) is 3.14. The fourth-order valence-corrected chi connectivity index (χ4v) is 4.59. The number of carbonyl (C=O) groups excluding carboxylic acids is 2. The van der Waals surface area contributed by atoms with Crippen LogP contribution in [0.5, 0.6) is 0 Å². The summed E-state index contributed by atoms with van der Waals surface area (Å²) < 4.78 is 50.5. The van der Waals surface area contributed by atoms with Gasteiger partial charge in [-0.1, -0.05) is 76.6 Å². The first-order chi connectivity index (χ1) is 20.6. The third-order valence-electron chi connectivity index (χ3n) is 7.18. The summed E-state index contributed by atoms with van der Waals surface area (Å²) in [6.45, 7) is 6.03. The highest BCUT2D eigenvalue weighted by molar-refractivity contribution is 5.90. The number of halogens is 3. The van der Waals surface area contributed by atoms with Crippen molar-refractivity contribution in [3.8, 4) is 22.5 Å². The lowest BCUT2D eigenvalue weighted by atomic mass is 10.1. The molecular formula is C34H41F3N2O4. The summed E-state index contributed by atoms with van der Waals surface area (Å²) in [6, 6.07) is 13.8. The molecule has 0 aliphatic rings. The second-order valence-corrected chi connectivity index (χ2v) is 10.8. The molecule has 3 rings (SSSR count). The predicted molar refractivity (Wildman–Crippen MR) is 161 cm³/mol. The number of alkyl halides is 3. The van der Waals surface area contributed by atoms with Crippen molar-refractivity contribution >= 4 is 11.9 Å². The van der Waals surface area contributed by atoms with Crippen molar-refractivity contribution in [1.29, 1.82) is 0 Å². The van der Waals surface area contributed by atoms with Gasteiger partial charge in [-0.25, -0.2) is 9.59 Å². The van der Waals surface area contributed by atoms with E-state index in [1.165, 1.54) is 24.9 Å². The molecule has 0 saturated heterocycles. The van der Waals surface area contributed by atoms with Crippen LogP contribution in [0.15, 0.2) is 60.9 Å². The van der Waals surface area contributed by atoms with Gasteiger partial charge in [0, 0.05) is 23.5 Å². The molecule has 0 spiro atoms. The van der Waals surface area contributed by atoms with Crippen LogP contribution in [0.3, 0.4) is 0 Å². The molecule has 232 valence electrons. The number of pyridine rings is 2. The van der Waals surface area contributed by atoms with Crippen molar-refractivity contribution in [3.63, 3.8) is 0 Å². The van der Waals surface area contributed by atoms with Gasteiger partial charge in [-0.3, -0.25) is 9.97 Å². The van der Waals surface area contributed by atoms with Crippen LogP contribution in [0, 0.1) is 0 Å². The van der Waals surface area contributed by atoms with E-state index in [2.05, 4.69) is 16.9 Å². The minimum atomic E-state index is -4.62. The molecule has 2 heterocycles. The molecule has 6 nitrogen and oxygen atoms in total. The quantitative estimate of drug-likeness (QED) is 0.121. The van der Waals surface area contributed by atoms with Gasteiger partial charge in [0.25, 0.3) is 0 Å². The van der Waals surface area contributed by atoms with Crippen molar-refractivity contribution in [2.45, 2.75) is 103 Å². The Hall–Kier alpha value is -3.75. The van der Waals surface area contributed by atoms with Gasteiger partial charge in [0.05, 0.1) is 28.6 Å². The average Bonchev–Trinajstić information content (AvgIpc) is 3.00. The smallest absolute Gasteiger partial charge is 0.425 e. The first kappa shape index (κ1) is 33.7. The normalized spacial score (nSPS) is 12.9. The van der Waals surface area contributed by atoms with E-state index in [1.54, 1.807) is 18.2 Å². The molecule has 0 fully saturated rings. The van der Waals surface area contributed by atoms with Crippen LogP contribution in [0.4, 0.5) is 13.2 Å².